The highest BCUT2D eigenvalue weighted by Gasteiger charge is 2.43. The number of benzene rings is 2. The van der Waals surface area contributed by atoms with Gasteiger partial charge in [0.2, 0.25) is 0 Å². The topological polar surface area (TPSA) is 108 Å². The van der Waals surface area contributed by atoms with E-state index >= 15 is 4.39 Å². The molecular formula is C26H35FN2O5S. The molecule has 4 atom stereocenters. The van der Waals surface area contributed by atoms with Gasteiger partial charge in [-0.15, -0.1) is 0 Å². The summed E-state index contributed by atoms with van der Waals surface area (Å²) in [6.45, 7) is 2.97. The van der Waals surface area contributed by atoms with Gasteiger partial charge in [0, 0.05) is 37.9 Å². The van der Waals surface area contributed by atoms with E-state index in [1.807, 2.05) is 43.3 Å². The van der Waals surface area contributed by atoms with Gasteiger partial charge in [-0.3, -0.25) is 0 Å². The van der Waals surface area contributed by atoms with Gasteiger partial charge < -0.3 is 25.6 Å². The van der Waals surface area contributed by atoms with Crippen molar-refractivity contribution < 1.29 is 27.8 Å². The maximum absolute atomic E-state index is 15.4. The van der Waals surface area contributed by atoms with Crippen LogP contribution in [0.25, 0.3) is 0 Å². The minimum atomic E-state index is -3.55. The summed E-state index contributed by atoms with van der Waals surface area (Å²) in [6, 6.07) is 13.8. The lowest BCUT2D eigenvalue weighted by Gasteiger charge is -2.39. The van der Waals surface area contributed by atoms with Crippen molar-refractivity contribution in [1.82, 2.24) is 10.6 Å². The number of ether oxygens (including phenoxy) is 1. The molecule has 4 N–H and O–H groups in total. The number of aliphatic hydroxyl groups is 2. The number of halogens is 1. The zero-order valence-corrected chi connectivity index (χ0v) is 20.8. The van der Waals surface area contributed by atoms with Gasteiger partial charge in [0.05, 0.1) is 23.2 Å². The fourth-order valence-electron chi connectivity index (χ4n) is 5.20. The highest BCUT2D eigenvalue weighted by atomic mass is 32.2. The van der Waals surface area contributed by atoms with Crippen molar-refractivity contribution in [1.29, 1.82) is 0 Å². The quantitative estimate of drug-likeness (QED) is 0.433. The van der Waals surface area contributed by atoms with Crippen molar-refractivity contribution in [2.75, 3.05) is 32.9 Å². The first-order valence-electron chi connectivity index (χ1n) is 12.2. The van der Waals surface area contributed by atoms with E-state index in [-0.39, 0.29) is 25.6 Å². The second-order valence-electron chi connectivity index (χ2n) is 9.65. The van der Waals surface area contributed by atoms with Crippen LogP contribution in [-0.4, -0.2) is 68.9 Å². The first-order valence-corrected chi connectivity index (χ1v) is 13.8. The standard InChI is InChI=1S/C26H35FN2O5S/c1-18-24(35(32,33)25(16-28-18)19-5-3-2-4-6-19)13-20-7-8-21(14-23(20)27)26(9-11-34-12-10-26)29-15-22(31)17-30/h2-8,14,18,22,24-25,28-31H,9-13,15-17H2,1H3/t18-,22-,24?,25-/m0/s1. The molecule has 4 rings (SSSR count). The highest BCUT2D eigenvalue weighted by Crippen LogP contribution is 2.35. The molecule has 2 saturated heterocycles. The molecule has 2 aliphatic rings. The van der Waals surface area contributed by atoms with Crippen LogP contribution in [0.3, 0.4) is 0 Å². The summed E-state index contributed by atoms with van der Waals surface area (Å²) in [6.07, 6.45) is 0.363. The lowest BCUT2D eigenvalue weighted by molar-refractivity contribution is 0.0242. The van der Waals surface area contributed by atoms with Gasteiger partial charge >= 0.3 is 0 Å². The normalized spacial score (nSPS) is 26.8. The Morgan fingerprint density at radius 2 is 1.91 bits per heavy atom. The van der Waals surface area contributed by atoms with Crippen molar-refractivity contribution in [3.05, 3.63) is 71.0 Å². The fourth-order valence-corrected chi connectivity index (χ4v) is 7.56. The Morgan fingerprint density at radius 3 is 2.57 bits per heavy atom. The van der Waals surface area contributed by atoms with E-state index in [4.69, 9.17) is 4.74 Å². The van der Waals surface area contributed by atoms with Crippen LogP contribution in [0.2, 0.25) is 0 Å². The monoisotopic (exact) mass is 506 g/mol. The summed E-state index contributed by atoms with van der Waals surface area (Å²) in [5.74, 6) is -0.442. The van der Waals surface area contributed by atoms with Gasteiger partial charge in [-0.25, -0.2) is 12.8 Å². The van der Waals surface area contributed by atoms with Crippen LogP contribution in [0.5, 0.6) is 0 Å². The van der Waals surface area contributed by atoms with Crippen LogP contribution >= 0.6 is 0 Å². The van der Waals surface area contributed by atoms with Crippen molar-refractivity contribution >= 4 is 9.84 Å². The molecule has 0 radical (unpaired) electrons. The SMILES string of the molecule is C[C@@H]1NC[C@@H](c2ccccc2)S(=O)(=O)C1Cc1ccc(C2(NC[C@H](O)CO)CCOCC2)cc1F. The summed E-state index contributed by atoms with van der Waals surface area (Å²) in [7, 11) is -3.55. The molecule has 2 fully saturated rings. The van der Waals surface area contributed by atoms with Gasteiger partial charge in [-0.05, 0) is 48.9 Å². The predicted octanol–water partition coefficient (Wildman–Crippen LogP) is 1.83. The Bertz CT molecular complexity index is 1090. The molecular weight excluding hydrogens is 471 g/mol. The van der Waals surface area contributed by atoms with E-state index in [9.17, 15) is 18.6 Å². The molecule has 1 unspecified atom stereocenters. The van der Waals surface area contributed by atoms with Crippen LogP contribution in [0.1, 0.15) is 41.7 Å². The third-order valence-electron chi connectivity index (χ3n) is 7.43. The zero-order chi connectivity index (χ0) is 25.1. The second kappa shape index (κ2) is 11.0. The second-order valence-corrected chi connectivity index (χ2v) is 12.0. The molecule has 2 aromatic carbocycles. The van der Waals surface area contributed by atoms with Gasteiger partial charge in [0.1, 0.15) is 5.82 Å². The Balaban J connectivity index is 1.58. The van der Waals surface area contributed by atoms with E-state index in [1.54, 1.807) is 6.07 Å². The van der Waals surface area contributed by atoms with Crippen molar-refractivity contribution in [3.8, 4) is 0 Å². The van der Waals surface area contributed by atoms with Gasteiger partial charge in [0.15, 0.2) is 9.84 Å². The molecule has 0 amide bonds. The molecule has 0 aromatic heterocycles. The molecule has 9 heteroatoms. The van der Waals surface area contributed by atoms with Crippen LogP contribution in [0.4, 0.5) is 4.39 Å². The summed E-state index contributed by atoms with van der Waals surface area (Å²) in [5.41, 5.74) is 1.25. The summed E-state index contributed by atoms with van der Waals surface area (Å²) in [4.78, 5) is 0. The third kappa shape index (κ3) is 5.60. The van der Waals surface area contributed by atoms with Crippen molar-refractivity contribution in [2.24, 2.45) is 0 Å². The lowest BCUT2D eigenvalue weighted by atomic mass is 9.81. The summed E-state index contributed by atoms with van der Waals surface area (Å²) >= 11 is 0. The van der Waals surface area contributed by atoms with Gasteiger partial charge in [0.25, 0.3) is 0 Å². The molecule has 7 nitrogen and oxygen atoms in total. The van der Waals surface area contributed by atoms with E-state index in [1.165, 1.54) is 6.07 Å². The molecule has 35 heavy (non-hydrogen) atoms. The Morgan fingerprint density at radius 1 is 1.20 bits per heavy atom. The first-order chi connectivity index (χ1) is 16.8. The Labute approximate surface area is 206 Å². The number of hydrogen-bond acceptors (Lipinski definition) is 7. The fraction of sp³-hybridized carbons (Fsp3) is 0.538. The minimum absolute atomic E-state index is 0.0821. The molecule has 0 bridgehead atoms. The number of hydrogen-bond donors (Lipinski definition) is 4. The molecule has 0 aliphatic carbocycles. The Kier molecular flexibility index (Phi) is 8.25. The number of nitrogens with one attached hydrogen (secondary N) is 2. The maximum Gasteiger partial charge on any atom is 0.163 e. The summed E-state index contributed by atoms with van der Waals surface area (Å²) in [5, 5.41) is 24.2. The first kappa shape index (κ1) is 26.2. The molecule has 2 aromatic rings. The van der Waals surface area contributed by atoms with Crippen LogP contribution in [0, 0.1) is 5.82 Å². The molecule has 192 valence electrons. The minimum Gasteiger partial charge on any atom is -0.394 e. The number of rotatable bonds is 8. The van der Waals surface area contributed by atoms with E-state index in [2.05, 4.69) is 10.6 Å². The smallest absolute Gasteiger partial charge is 0.163 e. The van der Waals surface area contributed by atoms with Crippen LogP contribution in [0.15, 0.2) is 48.5 Å². The molecule has 0 spiro atoms. The molecule has 0 saturated carbocycles. The van der Waals surface area contributed by atoms with Gasteiger partial charge in [-0.2, -0.15) is 0 Å². The molecule has 2 aliphatic heterocycles. The van der Waals surface area contributed by atoms with Crippen molar-refractivity contribution in [2.45, 2.75) is 54.4 Å². The van der Waals surface area contributed by atoms with E-state index in [0.717, 1.165) is 11.1 Å². The lowest BCUT2D eigenvalue weighted by Crippen LogP contribution is -2.53. The van der Waals surface area contributed by atoms with Crippen LogP contribution in [-0.2, 0) is 26.5 Å². The zero-order valence-electron chi connectivity index (χ0n) is 20.0. The average Bonchev–Trinajstić information content (AvgIpc) is 2.86. The summed E-state index contributed by atoms with van der Waals surface area (Å²) < 4.78 is 48.0. The predicted molar refractivity (Wildman–Crippen MR) is 132 cm³/mol. The maximum atomic E-state index is 15.4. The number of sulfone groups is 1. The number of aliphatic hydroxyl groups excluding tert-OH is 2. The van der Waals surface area contributed by atoms with Crippen molar-refractivity contribution in [3.63, 3.8) is 0 Å². The highest BCUT2D eigenvalue weighted by molar-refractivity contribution is 7.92. The van der Waals surface area contributed by atoms with Crippen LogP contribution < -0.4 is 10.6 Å². The van der Waals surface area contributed by atoms with Gasteiger partial charge in [-0.1, -0.05) is 42.5 Å². The van der Waals surface area contributed by atoms with E-state index in [0.29, 0.717) is 38.2 Å². The van der Waals surface area contributed by atoms with E-state index < -0.39 is 37.8 Å². The average molecular weight is 507 g/mol. The Hall–Kier alpha value is -1.88. The third-order valence-corrected chi connectivity index (χ3v) is 10.1. The molecule has 2 heterocycles. The largest absolute Gasteiger partial charge is 0.394 e.